The molecule has 0 spiro atoms. The molecular weight excluding hydrogens is 431 g/mol. The van der Waals surface area contributed by atoms with Crippen LogP contribution in [-0.4, -0.2) is 83.4 Å². The molecule has 0 saturated carbocycles. The Kier molecular flexibility index (Phi) is 6.71. The van der Waals surface area contributed by atoms with E-state index in [1.807, 2.05) is 4.90 Å². The minimum absolute atomic E-state index is 0.118. The molecule has 6 nitrogen and oxygen atoms in total. The highest BCUT2D eigenvalue weighted by molar-refractivity contribution is 5.93. The Hall–Kier alpha value is -2.91. The molecule has 1 aliphatic heterocycles. The van der Waals surface area contributed by atoms with Crippen LogP contribution in [0.25, 0.3) is 16.8 Å². The predicted octanol–water partition coefficient (Wildman–Crippen LogP) is 3.73. The SMILES string of the molecule is CN(C)CCCN1CCN(C(=O)c2cn3cc(-c4cccc(C(F)(F)F)c4)ccc3n2)CC1. The van der Waals surface area contributed by atoms with Crippen molar-refractivity contribution in [1.29, 1.82) is 0 Å². The number of nitrogens with zero attached hydrogens (tertiary/aromatic N) is 5. The number of hydrogen-bond acceptors (Lipinski definition) is 4. The molecule has 2 aromatic heterocycles. The molecule has 1 aromatic carbocycles. The third-order valence-electron chi connectivity index (χ3n) is 5.93. The second-order valence-electron chi connectivity index (χ2n) is 8.68. The van der Waals surface area contributed by atoms with Crippen molar-refractivity contribution >= 4 is 11.6 Å². The zero-order chi connectivity index (χ0) is 23.6. The third-order valence-corrected chi connectivity index (χ3v) is 5.93. The van der Waals surface area contributed by atoms with E-state index in [0.29, 0.717) is 35.6 Å². The number of carbonyl (C=O) groups is 1. The smallest absolute Gasteiger partial charge is 0.335 e. The van der Waals surface area contributed by atoms with Crippen molar-refractivity contribution in [3.63, 3.8) is 0 Å². The first kappa shape index (κ1) is 23.3. The molecule has 1 fully saturated rings. The maximum atomic E-state index is 13.1. The van der Waals surface area contributed by atoms with Gasteiger partial charge in [0.15, 0.2) is 0 Å². The Morgan fingerprint density at radius 1 is 1.03 bits per heavy atom. The van der Waals surface area contributed by atoms with Gasteiger partial charge >= 0.3 is 6.18 Å². The van der Waals surface area contributed by atoms with Crippen LogP contribution in [0.15, 0.2) is 48.8 Å². The zero-order valence-electron chi connectivity index (χ0n) is 18.8. The van der Waals surface area contributed by atoms with Crippen molar-refractivity contribution in [3.8, 4) is 11.1 Å². The number of hydrogen-bond donors (Lipinski definition) is 0. The standard InChI is InChI=1S/C24H28F3N5O/c1-29(2)9-4-10-30-11-13-31(14-12-30)23(33)21-17-32-16-19(7-8-22(32)28-21)18-5-3-6-20(15-18)24(25,26)27/h3,5-8,15-17H,4,9-14H2,1-2H3. The third kappa shape index (κ3) is 5.54. The monoisotopic (exact) mass is 459 g/mol. The van der Waals surface area contributed by atoms with Gasteiger partial charge in [-0.2, -0.15) is 13.2 Å². The zero-order valence-corrected chi connectivity index (χ0v) is 18.8. The molecule has 0 bridgehead atoms. The average molecular weight is 460 g/mol. The summed E-state index contributed by atoms with van der Waals surface area (Å²) in [5, 5.41) is 0. The van der Waals surface area contributed by atoms with Gasteiger partial charge < -0.3 is 14.2 Å². The van der Waals surface area contributed by atoms with Gasteiger partial charge in [0.1, 0.15) is 11.3 Å². The molecule has 1 amide bonds. The Morgan fingerprint density at radius 3 is 2.48 bits per heavy atom. The van der Waals surface area contributed by atoms with Gasteiger partial charge in [0.2, 0.25) is 0 Å². The van der Waals surface area contributed by atoms with Crippen LogP contribution in [0.4, 0.5) is 13.2 Å². The molecule has 0 radical (unpaired) electrons. The van der Waals surface area contributed by atoms with Crippen molar-refractivity contribution in [3.05, 3.63) is 60.0 Å². The predicted molar refractivity (Wildman–Crippen MR) is 121 cm³/mol. The molecule has 176 valence electrons. The van der Waals surface area contributed by atoms with Crippen LogP contribution < -0.4 is 0 Å². The number of amides is 1. The Labute approximate surface area is 191 Å². The molecule has 0 aliphatic carbocycles. The van der Waals surface area contributed by atoms with Gasteiger partial charge in [-0.1, -0.05) is 12.1 Å². The summed E-state index contributed by atoms with van der Waals surface area (Å²) >= 11 is 0. The van der Waals surface area contributed by atoms with E-state index in [0.717, 1.165) is 44.7 Å². The molecular formula is C24H28F3N5O. The van der Waals surface area contributed by atoms with Crippen LogP contribution in [0.3, 0.4) is 0 Å². The van der Waals surface area contributed by atoms with E-state index < -0.39 is 11.7 Å². The molecule has 33 heavy (non-hydrogen) atoms. The van der Waals surface area contributed by atoms with Gasteiger partial charge in [-0.05, 0) is 69.0 Å². The number of alkyl halides is 3. The van der Waals surface area contributed by atoms with E-state index in [4.69, 9.17) is 0 Å². The molecule has 3 heterocycles. The Morgan fingerprint density at radius 2 is 1.79 bits per heavy atom. The largest absolute Gasteiger partial charge is 0.416 e. The van der Waals surface area contributed by atoms with E-state index in [2.05, 4.69) is 28.9 Å². The summed E-state index contributed by atoms with van der Waals surface area (Å²) < 4.78 is 40.9. The Balaban J connectivity index is 1.44. The van der Waals surface area contributed by atoms with Crippen molar-refractivity contribution < 1.29 is 18.0 Å². The number of piperazine rings is 1. The van der Waals surface area contributed by atoms with Crippen molar-refractivity contribution in [1.82, 2.24) is 24.1 Å². The van der Waals surface area contributed by atoms with Crippen LogP contribution in [0.1, 0.15) is 22.5 Å². The van der Waals surface area contributed by atoms with Gasteiger partial charge in [-0.25, -0.2) is 4.98 Å². The quantitative estimate of drug-likeness (QED) is 0.564. The summed E-state index contributed by atoms with van der Waals surface area (Å²) in [5.41, 5.74) is 1.31. The molecule has 0 atom stereocenters. The second kappa shape index (κ2) is 9.52. The summed E-state index contributed by atoms with van der Waals surface area (Å²) in [4.78, 5) is 23.8. The molecule has 0 N–H and O–H groups in total. The fraction of sp³-hybridized carbons (Fsp3) is 0.417. The number of pyridine rings is 1. The highest BCUT2D eigenvalue weighted by Crippen LogP contribution is 2.32. The van der Waals surface area contributed by atoms with Crippen LogP contribution in [0, 0.1) is 0 Å². The van der Waals surface area contributed by atoms with E-state index >= 15 is 0 Å². The molecule has 1 aliphatic rings. The minimum atomic E-state index is -4.40. The minimum Gasteiger partial charge on any atom is -0.335 e. The highest BCUT2D eigenvalue weighted by Gasteiger charge is 2.30. The second-order valence-corrected chi connectivity index (χ2v) is 8.68. The van der Waals surface area contributed by atoms with Crippen molar-refractivity contribution in [2.24, 2.45) is 0 Å². The summed E-state index contributed by atoms with van der Waals surface area (Å²) in [6.07, 6.45) is 0.0577. The fourth-order valence-electron chi connectivity index (χ4n) is 4.09. The first-order valence-corrected chi connectivity index (χ1v) is 11.0. The first-order valence-electron chi connectivity index (χ1n) is 11.0. The fourth-order valence-corrected chi connectivity index (χ4v) is 4.09. The molecule has 1 saturated heterocycles. The number of aromatic nitrogens is 2. The van der Waals surface area contributed by atoms with Crippen LogP contribution >= 0.6 is 0 Å². The molecule has 4 rings (SSSR count). The molecule has 0 unspecified atom stereocenters. The number of imidazole rings is 1. The summed E-state index contributed by atoms with van der Waals surface area (Å²) in [5.74, 6) is -0.118. The maximum absolute atomic E-state index is 13.1. The molecule has 3 aromatic rings. The van der Waals surface area contributed by atoms with E-state index in [-0.39, 0.29) is 5.91 Å². The molecule has 9 heteroatoms. The number of benzene rings is 1. The van der Waals surface area contributed by atoms with Crippen LogP contribution in [0.5, 0.6) is 0 Å². The van der Waals surface area contributed by atoms with Gasteiger partial charge in [0.05, 0.1) is 5.56 Å². The number of fused-ring (bicyclic) bond motifs is 1. The summed E-state index contributed by atoms with van der Waals surface area (Å²) in [6, 6.07) is 8.65. The number of carbonyl (C=O) groups excluding carboxylic acids is 1. The van der Waals surface area contributed by atoms with E-state index in [1.54, 1.807) is 35.0 Å². The Bertz CT molecular complexity index is 1120. The first-order chi connectivity index (χ1) is 15.7. The van der Waals surface area contributed by atoms with Gasteiger partial charge in [0.25, 0.3) is 5.91 Å². The van der Waals surface area contributed by atoms with Crippen molar-refractivity contribution in [2.75, 3.05) is 53.4 Å². The lowest BCUT2D eigenvalue weighted by Gasteiger charge is -2.34. The van der Waals surface area contributed by atoms with Crippen molar-refractivity contribution in [2.45, 2.75) is 12.6 Å². The lowest BCUT2D eigenvalue weighted by atomic mass is 10.0. The van der Waals surface area contributed by atoms with Crippen LogP contribution in [-0.2, 0) is 6.18 Å². The normalized spacial score (nSPS) is 15.5. The highest BCUT2D eigenvalue weighted by atomic mass is 19.4. The lowest BCUT2D eigenvalue weighted by Crippen LogP contribution is -2.49. The van der Waals surface area contributed by atoms with Gasteiger partial charge in [-0.15, -0.1) is 0 Å². The summed E-state index contributed by atoms with van der Waals surface area (Å²) in [7, 11) is 4.13. The van der Waals surface area contributed by atoms with E-state index in [1.165, 1.54) is 6.07 Å². The average Bonchev–Trinajstić information content (AvgIpc) is 3.22. The van der Waals surface area contributed by atoms with Gasteiger partial charge in [-0.3, -0.25) is 9.69 Å². The van der Waals surface area contributed by atoms with Gasteiger partial charge in [0, 0.05) is 38.6 Å². The lowest BCUT2D eigenvalue weighted by molar-refractivity contribution is -0.137. The van der Waals surface area contributed by atoms with E-state index in [9.17, 15) is 18.0 Å². The summed E-state index contributed by atoms with van der Waals surface area (Å²) in [6.45, 7) is 5.06. The topological polar surface area (TPSA) is 44.1 Å². The van der Waals surface area contributed by atoms with Crippen LogP contribution in [0.2, 0.25) is 0 Å². The number of rotatable bonds is 6. The number of halogens is 3. The maximum Gasteiger partial charge on any atom is 0.416 e.